The number of hydrogen-bond donors (Lipinski definition) is 2. The normalized spacial score (nSPS) is 19.1. The molecule has 0 saturated carbocycles. The van der Waals surface area contributed by atoms with Crippen LogP contribution in [0.2, 0.25) is 0 Å². The van der Waals surface area contributed by atoms with Crippen molar-refractivity contribution in [2.45, 2.75) is 44.7 Å². The lowest BCUT2D eigenvalue weighted by atomic mass is 10.1. The molecule has 0 amide bonds. The Hall–Kier alpha value is -2.68. The Morgan fingerprint density at radius 3 is 2.12 bits per heavy atom. The van der Waals surface area contributed by atoms with Crippen LogP contribution in [-0.2, 0) is 12.8 Å². The molecule has 0 radical (unpaired) electrons. The monoisotopic (exact) mass is 342 g/mol. The van der Waals surface area contributed by atoms with E-state index in [1.807, 2.05) is 6.92 Å². The number of hydrogen-bond acceptors (Lipinski definition) is 2. The lowest BCUT2D eigenvalue weighted by Crippen LogP contribution is -2.19. The summed E-state index contributed by atoms with van der Waals surface area (Å²) in [6, 6.07) is 21.0. The van der Waals surface area contributed by atoms with Crippen LogP contribution in [0.3, 0.4) is 0 Å². The van der Waals surface area contributed by atoms with Crippen molar-refractivity contribution in [3.63, 3.8) is 0 Å². The molecule has 0 heterocycles. The number of rotatable bonds is 3. The first kappa shape index (κ1) is 18.1. The quantitative estimate of drug-likeness (QED) is 0.647. The molecule has 2 aromatic rings. The first-order valence-corrected chi connectivity index (χ1v) is 9.33. The summed E-state index contributed by atoms with van der Waals surface area (Å²) in [5.41, 5.74) is 5.79. The molecule has 26 heavy (non-hydrogen) atoms. The van der Waals surface area contributed by atoms with E-state index in [4.69, 9.17) is 6.42 Å². The van der Waals surface area contributed by atoms with Crippen molar-refractivity contribution >= 4 is 0 Å². The molecule has 2 heteroatoms. The van der Waals surface area contributed by atoms with Crippen molar-refractivity contribution < 1.29 is 0 Å². The maximum atomic E-state index is 5.21. The fourth-order valence-electron chi connectivity index (χ4n) is 3.82. The van der Waals surface area contributed by atoms with Gasteiger partial charge in [0, 0.05) is 12.1 Å². The maximum Gasteiger partial charge on any atom is 0.0595 e. The van der Waals surface area contributed by atoms with E-state index in [2.05, 4.69) is 77.0 Å². The summed E-state index contributed by atoms with van der Waals surface area (Å²) < 4.78 is 0. The predicted octanol–water partition coefficient (Wildman–Crippen LogP) is 4.14. The van der Waals surface area contributed by atoms with E-state index < -0.39 is 0 Å². The van der Waals surface area contributed by atoms with Crippen LogP contribution in [-0.4, -0.2) is 6.54 Å². The third-order valence-electron chi connectivity index (χ3n) is 5.09. The maximum absolute atomic E-state index is 5.21. The van der Waals surface area contributed by atoms with E-state index in [0.29, 0.717) is 18.6 Å². The predicted molar refractivity (Wildman–Crippen MR) is 108 cm³/mol. The molecule has 0 aliphatic heterocycles. The lowest BCUT2D eigenvalue weighted by molar-refractivity contribution is 0.568. The van der Waals surface area contributed by atoms with Crippen LogP contribution < -0.4 is 10.6 Å². The Kier molecular flexibility index (Phi) is 6.37. The van der Waals surface area contributed by atoms with Gasteiger partial charge < -0.3 is 5.32 Å². The van der Waals surface area contributed by atoms with Gasteiger partial charge in [0.15, 0.2) is 0 Å². The van der Waals surface area contributed by atoms with Gasteiger partial charge in [-0.1, -0.05) is 60.4 Å². The largest absolute Gasteiger partial charge is 0.338 e. The van der Waals surface area contributed by atoms with Gasteiger partial charge in [0.2, 0.25) is 0 Å². The van der Waals surface area contributed by atoms with Crippen LogP contribution in [0.15, 0.2) is 48.5 Å². The van der Waals surface area contributed by atoms with E-state index in [-0.39, 0.29) is 0 Å². The van der Waals surface area contributed by atoms with E-state index in [1.54, 1.807) is 0 Å². The summed E-state index contributed by atoms with van der Waals surface area (Å²) in [6.45, 7) is 2.52. The van der Waals surface area contributed by atoms with Crippen LogP contribution >= 0.6 is 0 Å². The minimum absolute atomic E-state index is 0.448. The standard InChI is InChI=1S/2C12H13N/c2*1-2-9-13-12-8-7-10-5-3-4-6-11(10)12/h3-6,12-13H,7-8H2,1H3;1,3-6,12-13H,7-9H2/t;12-/m.1/s1. The van der Waals surface area contributed by atoms with E-state index in [9.17, 15) is 0 Å². The highest BCUT2D eigenvalue weighted by Gasteiger charge is 2.21. The molecule has 4 rings (SSSR count). The minimum Gasteiger partial charge on any atom is -0.338 e. The smallest absolute Gasteiger partial charge is 0.0595 e. The first-order valence-electron chi connectivity index (χ1n) is 9.33. The van der Waals surface area contributed by atoms with Crippen molar-refractivity contribution in [1.82, 2.24) is 10.6 Å². The summed E-state index contributed by atoms with van der Waals surface area (Å²) >= 11 is 0. The van der Waals surface area contributed by atoms with Gasteiger partial charge in [0.1, 0.15) is 0 Å². The van der Waals surface area contributed by atoms with Crippen LogP contribution in [0.5, 0.6) is 0 Å². The van der Waals surface area contributed by atoms with E-state index >= 15 is 0 Å². The number of terminal acetylenes is 1. The molecule has 2 aromatic carbocycles. The molecule has 2 aliphatic carbocycles. The Morgan fingerprint density at radius 2 is 1.50 bits per heavy atom. The van der Waals surface area contributed by atoms with Crippen molar-refractivity contribution in [1.29, 1.82) is 0 Å². The molecule has 0 spiro atoms. The van der Waals surface area contributed by atoms with Gasteiger partial charge in [0.25, 0.3) is 0 Å². The van der Waals surface area contributed by atoms with Crippen LogP contribution in [0.4, 0.5) is 0 Å². The SMILES string of the molecule is C#CCN[C@@H]1CCc2ccccc21.CC#CNC1CCc2ccccc21. The van der Waals surface area contributed by atoms with Crippen LogP contribution in [0.25, 0.3) is 0 Å². The molecule has 0 aromatic heterocycles. The van der Waals surface area contributed by atoms with Crippen LogP contribution in [0, 0.1) is 24.3 Å². The second-order valence-corrected chi connectivity index (χ2v) is 6.68. The highest BCUT2D eigenvalue weighted by molar-refractivity contribution is 5.35. The third kappa shape index (κ3) is 4.29. The summed E-state index contributed by atoms with van der Waals surface area (Å²) in [4.78, 5) is 0. The molecule has 2 aliphatic rings. The average molecular weight is 342 g/mol. The molecule has 2 atom stereocenters. The molecule has 0 saturated heterocycles. The Balaban J connectivity index is 0.000000151. The molecule has 132 valence electrons. The zero-order chi connectivity index (χ0) is 18.2. The fraction of sp³-hybridized carbons (Fsp3) is 0.333. The zero-order valence-electron chi connectivity index (χ0n) is 15.4. The molecule has 1 unspecified atom stereocenters. The molecular formula is C24H26N2. The second kappa shape index (κ2) is 9.14. The van der Waals surface area contributed by atoms with Crippen molar-refractivity contribution in [3.05, 3.63) is 70.8 Å². The molecule has 0 fully saturated rings. The van der Waals surface area contributed by atoms with Gasteiger partial charge in [-0.25, -0.2) is 0 Å². The molecule has 2 nitrogen and oxygen atoms in total. The van der Waals surface area contributed by atoms with Gasteiger partial charge in [-0.05, 0) is 54.9 Å². The highest BCUT2D eigenvalue weighted by Crippen LogP contribution is 2.31. The molecule has 2 N–H and O–H groups in total. The minimum atomic E-state index is 0.448. The Bertz CT molecular complexity index is 835. The number of aryl methyl sites for hydroxylation is 2. The summed E-state index contributed by atoms with van der Waals surface area (Å²) in [6.07, 6.45) is 9.93. The van der Waals surface area contributed by atoms with Gasteiger partial charge >= 0.3 is 0 Å². The van der Waals surface area contributed by atoms with Crippen molar-refractivity contribution in [2.75, 3.05) is 6.54 Å². The molecule has 0 bridgehead atoms. The summed E-state index contributed by atoms with van der Waals surface area (Å²) in [7, 11) is 0. The number of benzene rings is 2. The average Bonchev–Trinajstić information content (AvgIpc) is 3.29. The van der Waals surface area contributed by atoms with Crippen molar-refractivity contribution in [2.24, 2.45) is 0 Å². The molecular weight excluding hydrogens is 316 g/mol. The van der Waals surface area contributed by atoms with E-state index in [0.717, 1.165) is 0 Å². The Labute approximate surface area is 157 Å². The van der Waals surface area contributed by atoms with Crippen LogP contribution in [0.1, 0.15) is 54.1 Å². The van der Waals surface area contributed by atoms with E-state index in [1.165, 1.54) is 47.9 Å². The second-order valence-electron chi connectivity index (χ2n) is 6.68. The zero-order valence-corrected chi connectivity index (χ0v) is 15.4. The third-order valence-corrected chi connectivity index (χ3v) is 5.09. The number of nitrogens with one attached hydrogen (secondary N) is 2. The first-order chi connectivity index (χ1) is 12.8. The van der Waals surface area contributed by atoms with Gasteiger partial charge in [-0.3, -0.25) is 5.32 Å². The topological polar surface area (TPSA) is 24.1 Å². The lowest BCUT2D eigenvalue weighted by Gasteiger charge is -2.10. The van der Waals surface area contributed by atoms with Crippen molar-refractivity contribution in [3.8, 4) is 24.3 Å². The van der Waals surface area contributed by atoms with Gasteiger partial charge in [-0.2, -0.15) is 0 Å². The number of fused-ring (bicyclic) bond motifs is 2. The fourth-order valence-corrected chi connectivity index (χ4v) is 3.82. The summed E-state index contributed by atoms with van der Waals surface area (Å²) in [5, 5.41) is 6.58. The Morgan fingerprint density at radius 1 is 0.923 bits per heavy atom. The highest BCUT2D eigenvalue weighted by atomic mass is 14.9. The summed E-state index contributed by atoms with van der Waals surface area (Å²) in [5.74, 6) is 5.48. The van der Waals surface area contributed by atoms with Gasteiger partial charge in [-0.15, -0.1) is 6.42 Å². The van der Waals surface area contributed by atoms with Gasteiger partial charge in [0.05, 0.1) is 12.6 Å².